The standard InChI is InChI=1S/C17H22ClN3O/c1-13(17-7-4-8-22-17)19-9-14-10-20-21(11-14)12-15-5-2-3-6-16(15)18/h2-3,5-6,10-11,13,17,19H,4,7-9,12H2,1H3. The molecule has 2 atom stereocenters. The fraction of sp³-hybridized carbons (Fsp3) is 0.471. The minimum atomic E-state index is 0.346. The third kappa shape index (κ3) is 3.88. The van der Waals surface area contributed by atoms with Crippen molar-refractivity contribution in [2.24, 2.45) is 0 Å². The summed E-state index contributed by atoms with van der Waals surface area (Å²) in [5.41, 5.74) is 2.26. The van der Waals surface area contributed by atoms with Crippen molar-refractivity contribution in [1.29, 1.82) is 0 Å². The van der Waals surface area contributed by atoms with Crippen molar-refractivity contribution < 1.29 is 4.74 Å². The first-order chi connectivity index (χ1) is 10.7. The lowest BCUT2D eigenvalue weighted by Gasteiger charge is -2.19. The number of halogens is 1. The highest BCUT2D eigenvalue weighted by molar-refractivity contribution is 6.31. The Bertz CT molecular complexity index is 607. The number of ether oxygens (including phenoxy) is 1. The van der Waals surface area contributed by atoms with Crippen molar-refractivity contribution in [3.63, 3.8) is 0 Å². The van der Waals surface area contributed by atoms with E-state index in [-0.39, 0.29) is 0 Å². The second-order valence-electron chi connectivity index (χ2n) is 5.86. The van der Waals surface area contributed by atoms with Crippen molar-refractivity contribution in [2.45, 2.75) is 45.0 Å². The fourth-order valence-electron chi connectivity index (χ4n) is 2.79. The van der Waals surface area contributed by atoms with Gasteiger partial charge < -0.3 is 10.1 Å². The molecule has 1 aliphatic rings. The largest absolute Gasteiger partial charge is 0.377 e. The zero-order valence-corrected chi connectivity index (χ0v) is 13.6. The topological polar surface area (TPSA) is 39.1 Å². The molecule has 1 aromatic carbocycles. The second kappa shape index (κ2) is 7.27. The van der Waals surface area contributed by atoms with E-state index in [1.54, 1.807) is 0 Å². The van der Waals surface area contributed by atoms with Crippen molar-refractivity contribution in [1.82, 2.24) is 15.1 Å². The molecule has 1 aliphatic heterocycles. The zero-order valence-electron chi connectivity index (χ0n) is 12.8. The van der Waals surface area contributed by atoms with Crippen molar-refractivity contribution in [2.75, 3.05) is 6.61 Å². The Hall–Kier alpha value is -1.36. The molecule has 3 rings (SSSR count). The van der Waals surface area contributed by atoms with Crippen LogP contribution in [0.4, 0.5) is 0 Å². The monoisotopic (exact) mass is 319 g/mol. The smallest absolute Gasteiger partial charge is 0.0726 e. The van der Waals surface area contributed by atoms with Crippen LogP contribution in [-0.2, 0) is 17.8 Å². The van der Waals surface area contributed by atoms with Crippen molar-refractivity contribution in [3.8, 4) is 0 Å². The van der Waals surface area contributed by atoms with Crippen LogP contribution >= 0.6 is 11.6 Å². The van der Waals surface area contributed by atoms with Crippen molar-refractivity contribution in [3.05, 3.63) is 52.8 Å². The first-order valence-corrected chi connectivity index (χ1v) is 8.20. The van der Waals surface area contributed by atoms with E-state index >= 15 is 0 Å². The molecule has 0 saturated carbocycles. The van der Waals surface area contributed by atoms with Crippen LogP contribution in [0.15, 0.2) is 36.7 Å². The molecule has 118 valence electrons. The van der Waals surface area contributed by atoms with Gasteiger partial charge in [-0.3, -0.25) is 4.68 Å². The average molecular weight is 320 g/mol. The highest BCUT2D eigenvalue weighted by Gasteiger charge is 2.21. The van der Waals surface area contributed by atoms with E-state index in [0.29, 0.717) is 18.7 Å². The van der Waals surface area contributed by atoms with Crippen LogP contribution in [0.3, 0.4) is 0 Å². The highest BCUT2D eigenvalue weighted by atomic mass is 35.5. The fourth-order valence-corrected chi connectivity index (χ4v) is 2.99. The molecule has 0 radical (unpaired) electrons. The van der Waals surface area contributed by atoms with E-state index in [1.807, 2.05) is 35.1 Å². The molecule has 4 nitrogen and oxygen atoms in total. The van der Waals surface area contributed by atoms with Gasteiger partial charge in [-0.15, -0.1) is 0 Å². The minimum Gasteiger partial charge on any atom is -0.377 e. The number of rotatable bonds is 6. The Morgan fingerprint density at radius 3 is 3.09 bits per heavy atom. The molecule has 0 aliphatic carbocycles. The Labute approximate surface area is 136 Å². The molecule has 2 heterocycles. The van der Waals surface area contributed by atoms with Crippen LogP contribution in [0.5, 0.6) is 0 Å². The number of nitrogens with zero attached hydrogens (tertiary/aromatic N) is 2. The number of hydrogen-bond acceptors (Lipinski definition) is 3. The third-order valence-corrected chi connectivity index (χ3v) is 4.50. The Morgan fingerprint density at radius 1 is 1.45 bits per heavy atom. The maximum absolute atomic E-state index is 6.19. The first-order valence-electron chi connectivity index (χ1n) is 7.82. The third-order valence-electron chi connectivity index (χ3n) is 4.13. The Kier molecular flexibility index (Phi) is 5.13. The van der Waals surface area contributed by atoms with Gasteiger partial charge >= 0.3 is 0 Å². The molecule has 1 fully saturated rings. The van der Waals surface area contributed by atoms with Gasteiger partial charge in [0, 0.05) is 36.0 Å². The average Bonchev–Trinajstić information content (AvgIpc) is 3.19. The quantitative estimate of drug-likeness (QED) is 0.888. The van der Waals surface area contributed by atoms with Crippen LogP contribution in [-0.4, -0.2) is 28.5 Å². The van der Waals surface area contributed by atoms with Gasteiger partial charge in [0.05, 0.1) is 18.8 Å². The molecule has 1 N–H and O–H groups in total. The molecule has 1 aromatic heterocycles. The maximum atomic E-state index is 6.19. The van der Waals surface area contributed by atoms with Crippen LogP contribution in [0.25, 0.3) is 0 Å². The summed E-state index contributed by atoms with van der Waals surface area (Å²) in [6.07, 6.45) is 6.65. The molecule has 0 bridgehead atoms. The predicted octanol–water partition coefficient (Wildman–Crippen LogP) is 3.24. The lowest BCUT2D eigenvalue weighted by molar-refractivity contribution is 0.0832. The summed E-state index contributed by atoms with van der Waals surface area (Å²) < 4.78 is 7.63. The van der Waals surface area contributed by atoms with Crippen molar-refractivity contribution >= 4 is 11.6 Å². The molecule has 5 heteroatoms. The molecular formula is C17H22ClN3O. The minimum absolute atomic E-state index is 0.346. The summed E-state index contributed by atoms with van der Waals surface area (Å²) in [5.74, 6) is 0. The van der Waals surface area contributed by atoms with Crippen LogP contribution in [0.1, 0.15) is 30.9 Å². The van der Waals surface area contributed by atoms with E-state index in [2.05, 4.69) is 23.5 Å². The molecule has 22 heavy (non-hydrogen) atoms. The van der Waals surface area contributed by atoms with E-state index in [9.17, 15) is 0 Å². The van der Waals surface area contributed by atoms with Gasteiger partial charge in [0.25, 0.3) is 0 Å². The second-order valence-corrected chi connectivity index (χ2v) is 6.27. The Morgan fingerprint density at radius 2 is 2.32 bits per heavy atom. The summed E-state index contributed by atoms with van der Waals surface area (Å²) in [6.45, 7) is 4.58. The van der Waals surface area contributed by atoms with Gasteiger partial charge in [0.15, 0.2) is 0 Å². The summed E-state index contributed by atoms with van der Waals surface area (Å²) >= 11 is 6.19. The van der Waals surface area contributed by atoms with Gasteiger partial charge in [-0.2, -0.15) is 5.10 Å². The molecule has 1 saturated heterocycles. The molecular weight excluding hydrogens is 298 g/mol. The highest BCUT2D eigenvalue weighted by Crippen LogP contribution is 2.17. The van der Waals surface area contributed by atoms with Crippen LogP contribution < -0.4 is 5.32 Å². The van der Waals surface area contributed by atoms with Gasteiger partial charge in [-0.25, -0.2) is 0 Å². The Balaban J connectivity index is 1.54. The summed E-state index contributed by atoms with van der Waals surface area (Å²) in [6, 6.07) is 8.25. The first kappa shape index (κ1) is 15.5. The van der Waals surface area contributed by atoms with Crippen LogP contribution in [0.2, 0.25) is 5.02 Å². The molecule has 2 unspecified atom stereocenters. The number of benzene rings is 1. The van der Waals surface area contributed by atoms with E-state index in [0.717, 1.165) is 30.2 Å². The summed E-state index contributed by atoms with van der Waals surface area (Å²) in [5, 5.41) is 8.72. The summed E-state index contributed by atoms with van der Waals surface area (Å²) in [4.78, 5) is 0. The number of hydrogen-bond donors (Lipinski definition) is 1. The predicted molar refractivity (Wildman–Crippen MR) is 88.1 cm³/mol. The van der Waals surface area contributed by atoms with E-state index in [4.69, 9.17) is 16.3 Å². The van der Waals surface area contributed by atoms with Gasteiger partial charge in [-0.1, -0.05) is 29.8 Å². The molecule has 2 aromatic rings. The van der Waals surface area contributed by atoms with Gasteiger partial charge in [0.2, 0.25) is 0 Å². The van der Waals surface area contributed by atoms with E-state index < -0.39 is 0 Å². The summed E-state index contributed by atoms with van der Waals surface area (Å²) in [7, 11) is 0. The lowest BCUT2D eigenvalue weighted by Crippen LogP contribution is -2.36. The zero-order chi connectivity index (χ0) is 15.4. The normalized spacial score (nSPS) is 19.5. The van der Waals surface area contributed by atoms with Gasteiger partial charge in [0.1, 0.15) is 0 Å². The SMILES string of the molecule is CC(NCc1cnn(Cc2ccccc2Cl)c1)C1CCCO1. The molecule has 0 spiro atoms. The van der Waals surface area contributed by atoms with Gasteiger partial charge in [-0.05, 0) is 31.4 Å². The van der Waals surface area contributed by atoms with E-state index in [1.165, 1.54) is 12.0 Å². The lowest BCUT2D eigenvalue weighted by atomic mass is 10.1. The maximum Gasteiger partial charge on any atom is 0.0726 e. The van der Waals surface area contributed by atoms with Crippen LogP contribution in [0, 0.1) is 0 Å². The molecule has 0 amide bonds. The number of nitrogens with one attached hydrogen (secondary N) is 1. The number of aromatic nitrogens is 2.